The third-order valence-electron chi connectivity index (χ3n) is 4.11. The average molecular weight is 431 g/mol. The predicted octanol–water partition coefficient (Wildman–Crippen LogP) is 2.11. The number of tetrazole rings is 1. The third-order valence-corrected chi connectivity index (χ3v) is 5.18. The largest absolute Gasteiger partial charge is 0.419 e. The molecule has 0 radical (unpaired) electrons. The number of hydrogen-bond acceptors (Lipinski definition) is 8. The van der Waals surface area contributed by atoms with Crippen molar-refractivity contribution in [1.29, 1.82) is 5.41 Å². The molecular formula is C18H18FN7O3S. The van der Waals surface area contributed by atoms with Gasteiger partial charge in [0.1, 0.15) is 10.7 Å². The molecule has 1 amide bonds. The molecule has 30 heavy (non-hydrogen) atoms. The molecule has 0 saturated carbocycles. The molecular weight excluding hydrogens is 413 g/mol. The first-order chi connectivity index (χ1) is 14.2. The number of carbonyl (C=O) groups excluding carboxylic acids is 2. The lowest BCUT2D eigenvalue weighted by molar-refractivity contribution is -0.123. The van der Waals surface area contributed by atoms with E-state index in [4.69, 9.17) is 15.9 Å². The van der Waals surface area contributed by atoms with E-state index < -0.39 is 17.2 Å². The Labute approximate surface area is 174 Å². The number of ether oxygens (including phenoxy) is 1. The van der Waals surface area contributed by atoms with Crippen LogP contribution in [0.5, 0.6) is 5.75 Å². The van der Waals surface area contributed by atoms with E-state index in [1.807, 2.05) is 0 Å². The lowest BCUT2D eigenvalue weighted by Crippen LogP contribution is -2.32. The maximum Gasteiger partial charge on any atom is 0.353 e. The van der Waals surface area contributed by atoms with Crippen LogP contribution in [0, 0.1) is 16.6 Å². The Balaban J connectivity index is 1.66. The number of halogens is 1. The number of amides is 1. The summed E-state index contributed by atoms with van der Waals surface area (Å²) in [5.41, 5.74) is 4.68. The van der Waals surface area contributed by atoms with Gasteiger partial charge in [0.15, 0.2) is 11.6 Å². The molecule has 5 N–H and O–H groups in total. The van der Waals surface area contributed by atoms with Gasteiger partial charge in [-0.15, -0.1) is 16.4 Å². The van der Waals surface area contributed by atoms with Crippen molar-refractivity contribution in [1.82, 2.24) is 20.6 Å². The van der Waals surface area contributed by atoms with Crippen molar-refractivity contribution in [2.75, 3.05) is 5.32 Å². The number of nitrogens with two attached hydrogens (primary N) is 1. The molecule has 0 atom stereocenters. The fourth-order valence-electron chi connectivity index (χ4n) is 2.49. The van der Waals surface area contributed by atoms with Crippen LogP contribution in [0.1, 0.15) is 34.0 Å². The summed E-state index contributed by atoms with van der Waals surface area (Å²) in [6.07, 6.45) is 0.344. The van der Waals surface area contributed by atoms with Crippen molar-refractivity contribution < 1.29 is 18.7 Å². The molecule has 3 rings (SSSR count). The van der Waals surface area contributed by atoms with Crippen molar-refractivity contribution in [2.45, 2.75) is 20.3 Å². The van der Waals surface area contributed by atoms with Gasteiger partial charge in [-0.1, -0.05) is 18.9 Å². The number of nitrogens with one attached hydrogen (secondary N) is 3. The van der Waals surface area contributed by atoms with Gasteiger partial charge in [-0.05, 0) is 42.0 Å². The fourth-order valence-corrected chi connectivity index (χ4v) is 3.60. The van der Waals surface area contributed by atoms with Crippen LogP contribution in [0.15, 0.2) is 30.3 Å². The molecule has 3 aromatic rings. The number of nitrogens with zero attached hydrogens (tertiary/aromatic N) is 3. The van der Waals surface area contributed by atoms with E-state index in [0.717, 1.165) is 22.3 Å². The summed E-state index contributed by atoms with van der Waals surface area (Å²) < 4.78 is 19.2. The summed E-state index contributed by atoms with van der Waals surface area (Å²) in [4.78, 5) is 25.8. The highest BCUT2D eigenvalue weighted by atomic mass is 32.1. The molecule has 1 aromatic carbocycles. The smallest absolute Gasteiger partial charge is 0.353 e. The number of rotatable bonds is 7. The first-order valence-electron chi connectivity index (χ1n) is 8.65. The van der Waals surface area contributed by atoms with Gasteiger partial charge in [0, 0.05) is 15.9 Å². The molecule has 0 fully saturated rings. The monoisotopic (exact) mass is 431 g/mol. The molecule has 0 aliphatic rings. The summed E-state index contributed by atoms with van der Waals surface area (Å²) in [5, 5.41) is 22.8. The van der Waals surface area contributed by atoms with Crippen molar-refractivity contribution in [3.63, 3.8) is 0 Å². The van der Waals surface area contributed by atoms with E-state index >= 15 is 0 Å². The molecule has 12 heteroatoms. The SMILES string of the molecule is CC(C)(Cc1ccc(C(=O)Oc2ccc(C(=N)N)cc2F)s1)C(=O)Nc1nn[nH]n1. The first-order valence-corrected chi connectivity index (χ1v) is 9.47. The molecule has 0 saturated heterocycles. The van der Waals surface area contributed by atoms with Gasteiger partial charge in [0.05, 0.1) is 0 Å². The Hall–Kier alpha value is -3.67. The maximum atomic E-state index is 14.1. The number of anilines is 1. The quantitative estimate of drug-likeness (QED) is 0.193. The molecule has 0 aliphatic carbocycles. The molecule has 0 spiro atoms. The van der Waals surface area contributed by atoms with E-state index in [2.05, 4.69) is 25.9 Å². The number of aromatic amines is 1. The van der Waals surface area contributed by atoms with Crippen LogP contribution in [0.3, 0.4) is 0 Å². The van der Waals surface area contributed by atoms with Crippen molar-refractivity contribution >= 4 is 35.0 Å². The number of aromatic nitrogens is 4. The van der Waals surface area contributed by atoms with Gasteiger partial charge in [0.25, 0.3) is 5.95 Å². The number of amidine groups is 1. The topological polar surface area (TPSA) is 160 Å². The van der Waals surface area contributed by atoms with Gasteiger partial charge in [-0.3, -0.25) is 15.5 Å². The van der Waals surface area contributed by atoms with Crippen LogP contribution in [0.4, 0.5) is 10.3 Å². The van der Waals surface area contributed by atoms with Gasteiger partial charge < -0.3 is 10.5 Å². The molecule has 0 unspecified atom stereocenters. The number of benzene rings is 1. The maximum absolute atomic E-state index is 14.1. The van der Waals surface area contributed by atoms with Crippen LogP contribution >= 0.6 is 11.3 Å². The molecule has 0 aliphatic heterocycles. The molecule has 156 valence electrons. The zero-order valence-electron chi connectivity index (χ0n) is 16.0. The molecule has 2 aromatic heterocycles. The van der Waals surface area contributed by atoms with E-state index in [-0.39, 0.29) is 33.9 Å². The van der Waals surface area contributed by atoms with Crippen LogP contribution in [-0.2, 0) is 11.2 Å². The van der Waals surface area contributed by atoms with Gasteiger partial charge in [0.2, 0.25) is 5.91 Å². The lowest BCUT2D eigenvalue weighted by Gasteiger charge is -2.21. The van der Waals surface area contributed by atoms with E-state index in [9.17, 15) is 14.0 Å². The van der Waals surface area contributed by atoms with Crippen LogP contribution in [0.25, 0.3) is 0 Å². The number of nitrogen functional groups attached to an aromatic ring is 1. The Morgan fingerprint density at radius 1 is 1.33 bits per heavy atom. The second-order valence-corrected chi connectivity index (χ2v) is 8.13. The predicted molar refractivity (Wildman–Crippen MR) is 107 cm³/mol. The Morgan fingerprint density at radius 2 is 2.10 bits per heavy atom. The van der Waals surface area contributed by atoms with Crippen LogP contribution < -0.4 is 15.8 Å². The number of thiophene rings is 1. The van der Waals surface area contributed by atoms with E-state index in [1.165, 1.54) is 12.1 Å². The Morgan fingerprint density at radius 3 is 2.73 bits per heavy atom. The molecule has 10 nitrogen and oxygen atoms in total. The fraction of sp³-hybridized carbons (Fsp3) is 0.222. The standard InChI is InChI=1S/C18H18FN7O3S/c1-18(2,16(28)22-17-23-25-26-24-17)8-10-4-6-13(30-10)15(27)29-12-5-3-9(14(20)21)7-11(12)19/h3-7H,8H2,1-2H3,(H3,20,21)(H2,22,23,24,25,26,28). The highest BCUT2D eigenvalue weighted by molar-refractivity contribution is 7.14. The number of carbonyl (C=O) groups is 2. The Kier molecular flexibility index (Phi) is 5.87. The summed E-state index contributed by atoms with van der Waals surface area (Å²) in [7, 11) is 0. The van der Waals surface area contributed by atoms with Gasteiger partial charge in [-0.25, -0.2) is 9.18 Å². The third kappa shape index (κ3) is 4.84. The average Bonchev–Trinajstić information content (AvgIpc) is 3.35. The van der Waals surface area contributed by atoms with Crippen molar-refractivity contribution in [2.24, 2.45) is 11.1 Å². The summed E-state index contributed by atoms with van der Waals surface area (Å²) >= 11 is 1.15. The summed E-state index contributed by atoms with van der Waals surface area (Å²) in [6.45, 7) is 3.48. The zero-order valence-corrected chi connectivity index (χ0v) is 16.8. The number of esters is 1. The van der Waals surface area contributed by atoms with Crippen LogP contribution in [0.2, 0.25) is 0 Å². The number of hydrogen-bond donors (Lipinski definition) is 4. The minimum Gasteiger partial charge on any atom is -0.419 e. The summed E-state index contributed by atoms with van der Waals surface area (Å²) in [5.74, 6) is -2.32. The van der Waals surface area contributed by atoms with Gasteiger partial charge >= 0.3 is 5.97 Å². The van der Waals surface area contributed by atoms with E-state index in [0.29, 0.717) is 6.42 Å². The van der Waals surface area contributed by atoms with Crippen molar-refractivity contribution in [3.05, 3.63) is 51.5 Å². The lowest BCUT2D eigenvalue weighted by atomic mass is 9.87. The van der Waals surface area contributed by atoms with Crippen molar-refractivity contribution in [3.8, 4) is 5.75 Å². The molecule has 0 bridgehead atoms. The summed E-state index contributed by atoms with van der Waals surface area (Å²) in [6, 6.07) is 6.91. The zero-order chi connectivity index (χ0) is 21.9. The highest BCUT2D eigenvalue weighted by Gasteiger charge is 2.30. The minimum atomic E-state index is -0.818. The first kappa shape index (κ1) is 21.0. The van der Waals surface area contributed by atoms with E-state index in [1.54, 1.807) is 26.0 Å². The van der Waals surface area contributed by atoms with Crippen LogP contribution in [-0.4, -0.2) is 38.3 Å². The second kappa shape index (κ2) is 8.37. The molecule has 2 heterocycles. The Bertz CT molecular complexity index is 1100. The van der Waals surface area contributed by atoms with Gasteiger partial charge in [-0.2, -0.15) is 5.21 Å². The second-order valence-electron chi connectivity index (χ2n) is 6.96. The minimum absolute atomic E-state index is 0.0707. The normalized spacial score (nSPS) is 11.2. The highest BCUT2D eigenvalue weighted by Crippen LogP contribution is 2.29. The number of H-pyrrole nitrogens is 1.